The first-order valence-electron chi connectivity index (χ1n) is 4.01. The molecule has 10 heteroatoms. The second-order valence-electron chi connectivity index (χ2n) is 2.44. The fraction of sp³-hybridized carbons (Fsp3) is 1.00. The van der Waals surface area contributed by atoms with Crippen LogP contribution < -0.4 is 41.0 Å². The maximum Gasteiger partial charge on any atom is 1.00 e. The molecule has 6 nitrogen and oxygen atoms in total. The Morgan fingerprint density at radius 1 is 0.875 bits per heavy atom. The summed E-state index contributed by atoms with van der Waals surface area (Å²) in [4.78, 5) is 0. The standard InChI is InChI=1S/C6H16N2.Na.H2O2S3.2H2O.H/c7-5-3-1-2-4-6-8;;1-5(2,3)4;;;/h1-8H2;;(H2,1,2,3,4);2*1H2;/q;+1;;;;-1. The third kappa shape index (κ3) is 76.7. The minimum Gasteiger partial charge on any atom is -1.00 e. The SMILES string of the molecule is NCCCCCCN.O.O.OS(O)(=S)=S.[H-].[Na+]. The quantitative estimate of drug-likeness (QED) is 0.299. The summed E-state index contributed by atoms with van der Waals surface area (Å²) in [5.41, 5.74) is 10.6. The molecule has 0 aromatic carbocycles. The molecule has 0 unspecified atom stereocenters. The van der Waals surface area contributed by atoms with Gasteiger partial charge in [0.05, 0.1) is 0 Å². The predicted octanol–water partition coefficient (Wildman–Crippen LogP) is -4.06. The summed E-state index contributed by atoms with van der Waals surface area (Å²) in [7, 11) is -3.00. The van der Waals surface area contributed by atoms with Crippen molar-refractivity contribution >= 4 is 30.1 Å². The molecule has 0 atom stereocenters. The van der Waals surface area contributed by atoms with Crippen molar-refractivity contribution in [3.8, 4) is 0 Å². The van der Waals surface area contributed by atoms with E-state index < -0.39 is 7.71 Å². The molecule has 0 radical (unpaired) electrons. The largest absolute Gasteiger partial charge is 1.00 e. The molecule has 0 spiro atoms. The Balaban J connectivity index is -0.0000000306. The van der Waals surface area contributed by atoms with Gasteiger partial charge in [-0.15, -0.1) is 0 Å². The van der Waals surface area contributed by atoms with E-state index >= 15 is 0 Å². The third-order valence-electron chi connectivity index (χ3n) is 1.16. The number of rotatable bonds is 5. The summed E-state index contributed by atoms with van der Waals surface area (Å²) in [5.74, 6) is 0. The Kier molecular flexibility index (Phi) is 41.6. The van der Waals surface area contributed by atoms with Gasteiger partial charge < -0.3 is 33.0 Å². The fourth-order valence-electron chi connectivity index (χ4n) is 0.642. The van der Waals surface area contributed by atoms with Crippen molar-refractivity contribution < 1.29 is 51.0 Å². The van der Waals surface area contributed by atoms with Gasteiger partial charge >= 0.3 is 29.6 Å². The molecule has 0 aliphatic heterocycles. The first-order chi connectivity index (χ1) is 5.91. The Hall–Kier alpha value is 1.55. The van der Waals surface area contributed by atoms with Crippen molar-refractivity contribution in [1.29, 1.82) is 0 Å². The molecule has 0 amide bonds. The summed E-state index contributed by atoms with van der Waals surface area (Å²) < 4.78 is 15.6. The van der Waals surface area contributed by atoms with Crippen molar-refractivity contribution in [3.63, 3.8) is 0 Å². The van der Waals surface area contributed by atoms with E-state index in [2.05, 4.69) is 22.4 Å². The Morgan fingerprint density at radius 2 is 1.06 bits per heavy atom. The van der Waals surface area contributed by atoms with Crippen molar-refractivity contribution in [2.24, 2.45) is 11.5 Å². The molecular weight excluding hydrogens is 283 g/mol. The minimum absolute atomic E-state index is 0. The number of hydrogen-bond acceptors (Lipinski definition) is 4. The third-order valence-corrected chi connectivity index (χ3v) is 1.16. The molecule has 0 saturated heterocycles. The van der Waals surface area contributed by atoms with Crippen molar-refractivity contribution in [3.05, 3.63) is 0 Å². The molecule has 0 aromatic rings. The van der Waals surface area contributed by atoms with Crippen LogP contribution in [0.2, 0.25) is 0 Å². The van der Waals surface area contributed by atoms with E-state index in [0.717, 1.165) is 25.9 Å². The Morgan fingerprint density at radius 3 is 1.19 bits per heavy atom. The fourth-order valence-corrected chi connectivity index (χ4v) is 0.642. The second kappa shape index (κ2) is 21.8. The zero-order valence-electron chi connectivity index (χ0n) is 10.5. The van der Waals surface area contributed by atoms with Crippen LogP contribution in [0.25, 0.3) is 0 Å². The monoisotopic (exact) mass is 306 g/mol. The van der Waals surface area contributed by atoms with Crippen LogP contribution in [0.3, 0.4) is 0 Å². The maximum atomic E-state index is 7.79. The zero-order chi connectivity index (χ0) is 10.7. The van der Waals surface area contributed by atoms with E-state index in [1.165, 1.54) is 12.8 Å². The van der Waals surface area contributed by atoms with E-state index in [9.17, 15) is 0 Å². The van der Waals surface area contributed by atoms with Gasteiger partial charge in [-0.3, -0.25) is 0 Å². The van der Waals surface area contributed by atoms with Crippen molar-refractivity contribution in [2.75, 3.05) is 13.1 Å². The molecule has 0 bridgehead atoms. The van der Waals surface area contributed by atoms with Gasteiger partial charge in [-0.05, 0) is 25.9 Å². The topological polar surface area (TPSA) is 155 Å². The van der Waals surface area contributed by atoms with E-state index in [1.807, 2.05) is 0 Å². The first kappa shape index (κ1) is 30.5. The van der Waals surface area contributed by atoms with Crippen LogP contribution in [-0.2, 0) is 30.1 Å². The van der Waals surface area contributed by atoms with Crippen LogP contribution in [0, 0.1) is 0 Å². The average Bonchev–Trinajstić information content (AvgIpc) is 1.95. The summed E-state index contributed by atoms with van der Waals surface area (Å²) in [6, 6.07) is 0. The predicted molar refractivity (Wildman–Crippen MR) is 72.3 cm³/mol. The second-order valence-corrected chi connectivity index (χ2v) is 6.76. The van der Waals surface area contributed by atoms with Gasteiger partial charge in [-0.25, -0.2) is 0 Å². The van der Waals surface area contributed by atoms with Gasteiger partial charge in [0.2, 0.25) is 0 Å². The molecule has 0 saturated carbocycles. The molecule has 0 aromatic heterocycles. The molecule has 0 heterocycles. The minimum atomic E-state index is -3.00. The average molecular weight is 306 g/mol. The van der Waals surface area contributed by atoms with Crippen LogP contribution in [-0.4, -0.2) is 33.1 Å². The van der Waals surface area contributed by atoms with Gasteiger partial charge in [0.25, 0.3) is 0 Å². The number of hydrogen-bond donors (Lipinski definition) is 4. The Labute approximate surface area is 130 Å². The number of nitrogens with two attached hydrogens (primary N) is 2. The van der Waals surface area contributed by atoms with Crippen LogP contribution in [0.1, 0.15) is 27.1 Å². The smallest absolute Gasteiger partial charge is 1.00 e. The molecule has 0 fully saturated rings. The van der Waals surface area contributed by atoms with Crippen molar-refractivity contribution in [1.82, 2.24) is 0 Å². The van der Waals surface area contributed by atoms with Gasteiger partial charge in [0, 0.05) is 22.4 Å². The summed E-state index contributed by atoms with van der Waals surface area (Å²) in [6.07, 6.45) is 4.79. The van der Waals surface area contributed by atoms with Gasteiger partial charge in [-0.2, -0.15) is 0 Å². The van der Waals surface area contributed by atoms with Gasteiger partial charge in [-0.1, -0.05) is 12.8 Å². The molecular formula is C6H23N2NaO4S3. The van der Waals surface area contributed by atoms with Crippen LogP contribution in [0.4, 0.5) is 0 Å². The maximum absolute atomic E-state index is 7.79. The molecule has 0 aliphatic carbocycles. The first-order valence-corrected chi connectivity index (χ1v) is 7.41. The molecule has 10 N–H and O–H groups in total. The van der Waals surface area contributed by atoms with E-state index in [0.29, 0.717) is 0 Å². The van der Waals surface area contributed by atoms with Crippen LogP contribution in [0.15, 0.2) is 0 Å². The molecule has 0 rings (SSSR count). The van der Waals surface area contributed by atoms with Gasteiger partial charge in [0.1, 0.15) is 7.71 Å². The van der Waals surface area contributed by atoms with Crippen molar-refractivity contribution in [2.45, 2.75) is 25.7 Å². The summed E-state index contributed by atoms with van der Waals surface area (Å²) in [6.45, 7) is 1.65. The van der Waals surface area contributed by atoms with E-state index in [4.69, 9.17) is 20.6 Å². The van der Waals surface area contributed by atoms with Gasteiger partial charge in [0.15, 0.2) is 0 Å². The molecule has 0 aliphatic rings. The number of unbranched alkanes of at least 4 members (excludes halogenated alkanes) is 3. The van der Waals surface area contributed by atoms with E-state index in [-0.39, 0.29) is 41.9 Å². The molecule has 100 valence electrons. The normalized spacial score (nSPS) is 8.50. The summed E-state index contributed by atoms with van der Waals surface area (Å²) in [5, 5.41) is 0. The van der Waals surface area contributed by atoms with Crippen LogP contribution in [0.5, 0.6) is 0 Å². The zero-order valence-corrected chi connectivity index (χ0v) is 14.0. The Bertz CT molecular complexity index is 184. The summed E-state index contributed by atoms with van der Waals surface area (Å²) >= 11 is 7.67. The van der Waals surface area contributed by atoms with Crippen LogP contribution >= 0.6 is 0 Å². The van der Waals surface area contributed by atoms with E-state index in [1.54, 1.807) is 0 Å². The molecule has 16 heavy (non-hydrogen) atoms.